The molecule has 1 N–H and O–H groups in total. The Bertz CT molecular complexity index is 765. The average Bonchev–Trinajstić information content (AvgIpc) is 3.24. The third-order valence-corrected chi connectivity index (χ3v) is 5.04. The second-order valence-electron chi connectivity index (χ2n) is 7.03. The van der Waals surface area contributed by atoms with Crippen molar-refractivity contribution in [3.05, 3.63) is 42.0 Å². The molecule has 2 amide bonds. The topological polar surface area (TPSA) is 72.2 Å². The number of rotatable bonds is 5. The number of carbonyl (C=O) groups is 2. The predicted octanol–water partition coefficient (Wildman–Crippen LogP) is 2.11. The Morgan fingerprint density at radius 3 is 2.85 bits per heavy atom. The van der Waals surface area contributed by atoms with Crippen LogP contribution in [0.5, 0.6) is 0 Å². The van der Waals surface area contributed by atoms with E-state index in [9.17, 15) is 9.59 Å². The lowest BCUT2D eigenvalue weighted by Gasteiger charge is -2.35. The highest BCUT2D eigenvalue weighted by Gasteiger charge is 2.29. The Kier molecular flexibility index (Phi) is 5.44. The number of piperidine rings is 1. The second kappa shape index (κ2) is 7.76. The van der Waals surface area contributed by atoms with Gasteiger partial charge in [-0.2, -0.15) is 5.10 Å². The third kappa shape index (κ3) is 3.81. The first-order chi connectivity index (χ1) is 12.5. The monoisotopic (exact) mass is 357 g/mol. The molecule has 2 aromatic rings. The van der Waals surface area contributed by atoms with Crippen molar-refractivity contribution >= 4 is 11.8 Å². The zero-order chi connectivity index (χ0) is 18.7. The molecule has 2 atom stereocenters. The summed E-state index contributed by atoms with van der Waals surface area (Å²) in [6, 6.07) is 5.69. The lowest BCUT2D eigenvalue weighted by Crippen LogP contribution is -2.39. The Morgan fingerprint density at radius 1 is 1.35 bits per heavy atom. The van der Waals surface area contributed by atoms with Gasteiger partial charge in [0.05, 0.1) is 12.6 Å². The largest absolute Gasteiger partial charge is 0.346 e. The lowest BCUT2D eigenvalue weighted by atomic mass is 9.99. The van der Waals surface area contributed by atoms with Gasteiger partial charge in [-0.1, -0.05) is 0 Å². The summed E-state index contributed by atoms with van der Waals surface area (Å²) in [7, 11) is 1.90. The molecule has 1 aliphatic heterocycles. The van der Waals surface area contributed by atoms with Gasteiger partial charge in [-0.05, 0) is 44.4 Å². The molecule has 2 aromatic heterocycles. The molecule has 140 valence electrons. The molecule has 1 fully saturated rings. The molecule has 26 heavy (non-hydrogen) atoms. The summed E-state index contributed by atoms with van der Waals surface area (Å²) < 4.78 is 3.72. The van der Waals surface area contributed by atoms with E-state index in [0.29, 0.717) is 12.2 Å². The van der Waals surface area contributed by atoms with Gasteiger partial charge in [0.2, 0.25) is 5.91 Å². The summed E-state index contributed by atoms with van der Waals surface area (Å²) in [5.41, 5.74) is 1.63. The average molecular weight is 357 g/mol. The molecule has 3 heterocycles. The molecule has 7 nitrogen and oxygen atoms in total. The van der Waals surface area contributed by atoms with Gasteiger partial charge in [0.15, 0.2) is 0 Å². The lowest BCUT2D eigenvalue weighted by molar-refractivity contribution is -0.132. The van der Waals surface area contributed by atoms with E-state index in [1.807, 2.05) is 47.8 Å². The normalized spacial score (nSPS) is 18.6. The zero-order valence-electron chi connectivity index (χ0n) is 15.7. The van der Waals surface area contributed by atoms with Crippen molar-refractivity contribution in [2.45, 2.75) is 51.7 Å². The number of likely N-dealkylation sites (tertiary alicyclic amines) is 1. The number of hydrogen-bond donors (Lipinski definition) is 1. The van der Waals surface area contributed by atoms with E-state index in [-0.39, 0.29) is 23.9 Å². The molecule has 1 aliphatic rings. The number of carbonyl (C=O) groups excluding carboxylic acids is 2. The van der Waals surface area contributed by atoms with Gasteiger partial charge in [0, 0.05) is 44.6 Å². The van der Waals surface area contributed by atoms with Crippen molar-refractivity contribution in [3.8, 4) is 0 Å². The smallest absolute Gasteiger partial charge is 0.268 e. The molecule has 0 saturated carbocycles. The van der Waals surface area contributed by atoms with E-state index in [1.54, 1.807) is 17.8 Å². The quantitative estimate of drug-likeness (QED) is 0.891. The van der Waals surface area contributed by atoms with Gasteiger partial charge in [0.1, 0.15) is 5.69 Å². The van der Waals surface area contributed by atoms with Crippen LogP contribution in [0.25, 0.3) is 0 Å². The fraction of sp³-hybridized carbons (Fsp3) is 0.526. The predicted molar refractivity (Wildman–Crippen MR) is 98.5 cm³/mol. The van der Waals surface area contributed by atoms with Crippen LogP contribution in [-0.2, 0) is 18.4 Å². The minimum atomic E-state index is -0.108. The molecule has 0 spiro atoms. The molecule has 0 radical (unpaired) electrons. The number of nitrogens with zero attached hydrogens (tertiary/aromatic N) is 4. The maximum absolute atomic E-state index is 12.7. The summed E-state index contributed by atoms with van der Waals surface area (Å²) in [5.74, 6) is -0.0154. The minimum Gasteiger partial charge on any atom is -0.346 e. The fourth-order valence-electron chi connectivity index (χ4n) is 3.74. The SMILES string of the molecule is CC(=O)N1CCCC[C@@H]1c1ccc(C(=O)N[C@@H](C)Cn2cccn2)n1C. The molecule has 7 heteroatoms. The molecule has 0 unspecified atom stereocenters. The summed E-state index contributed by atoms with van der Waals surface area (Å²) >= 11 is 0. The highest BCUT2D eigenvalue weighted by atomic mass is 16.2. The molecule has 1 saturated heterocycles. The first-order valence-corrected chi connectivity index (χ1v) is 9.18. The van der Waals surface area contributed by atoms with Crippen LogP contribution in [-0.4, -0.2) is 43.6 Å². The van der Waals surface area contributed by atoms with Gasteiger partial charge in [0.25, 0.3) is 5.91 Å². The van der Waals surface area contributed by atoms with Crippen LogP contribution in [0, 0.1) is 0 Å². The Hall–Kier alpha value is -2.57. The van der Waals surface area contributed by atoms with E-state index < -0.39 is 0 Å². The Balaban J connectivity index is 1.71. The van der Waals surface area contributed by atoms with Gasteiger partial charge in [-0.15, -0.1) is 0 Å². The van der Waals surface area contributed by atoms with Crippen LogP contribution in [0.15, 0.2) is 30.6 Å². The van der Waals surface area contributed by atoms with Gasteiger partial charge in [-0.25, -0.2) is 0 Å². The summed E-state index contributed by atoms with van der Waals surface area (Å²) in [6.45, 7) is 4.98. The van der Waals surface area contributed by atoms with E-state index in [0.717, 1.165) is 31.5 Å². The van der Waals surface area contributed by atoms with E-state index in [1.165, 1.54) is 0 Å². The van der Waals surface area contributed by atoms with Gasteiger partial charge < -0.3 is 14.8 Å². The van der Waals surface area contributed by atoms with Crippen molar-refractivity contribution in [1.82, 2.24) is 24.6 Å². The van der Waals surface area contributed by atoms with Crippen LogP contribution in [0.1, 0.15) is 55.3 Å². The number of hydrogen-bond acceptors (Lipinski definition) is 3. The standard InChI is InChI=1S/C19H27N5O2/c1-14(13-23-11-6-10-20-23)21-19(26)18-9-8-16(22(18)3)17-7-4-5-12-24(17)15(2)25/h6,8-11,14,17H,4-5,7,12-13H2,1-3H3,(H,21,26)/t14-,17+/m0/s1. The molecule has 3 rings (SSSR count). The van der Waals surface area contributed by atoms with Gasteiger partial charge in [-0.3, -0.25) is 14.3 Å². The Morgan fingerprint density at radius 2 is 2.15 bits per heavy atom. The first-order valence-electron chi connectivity index (χ1n) is 9.18. The van der Waals surface area contributed by atoms with Crippen molar-refractivity contribution in [2.75, 3.05) is 6.54 Å². The molecular formula is C19H27N5O2. The van der Waals surface area contributed by atoms with Crippen molar-refractivity contribution in [1.29, 1.82) is 0 Å². The number of amides is 2. The maximum atomic E-state index is 12.7. The summed E-state index contributed by atoms with van der Waals surface area (Å²) in [4.78, 5) is 26.6. The van der Waals surface area contributed by atoms with Crippen LogP contribution in [0.2, 0.25) is 0 Å². The molecular weight excluding hydrogens is 330 g/mol. The van der Waals surface area contributed by atoms with Crippen molar-refractivity contribution in [3.63, 3.8) is 0 Å². The molecule has 0 bridgehead atoms. The molecule has 0 aromatic carbocycles. The fourth-order valence-corrected chi connectivity index (χ4v) is 3.74. The first kappa shape index (κ1) is 18.2. The highest BCUT2D eigenvalue weighted by Crippen LogP contribution is 2.31. The van der Waals surface area contributed by atoms with E-state index in [2.05, 4.69) is 10.4 Å². The zero-order valence-corrected chi connectivity index (χ0v) is 15.7. The Labute approximate surface area is 154 Å². The summed E-state index contributed by atoms with van der Waals surface area (Å²) in [6.07, 6.45) is 6.68. The van der Waals surface area contributed by atoms with Crippen molar-refractivity contribution < 1.29 is 9.59 Å². The second-order valence-corrected chi connectivity index (χ2v) is 7.03. The maximum Gasteiger partial charge on any atom is 0.268 e. The van der Waals surface area contributed by atoms with Gasteiger partial charge >= 0.3 is 0 Å². The van der Waals surface area contributed by atoms with E-state index in [4.69, 9.17) is 0 Å². The van der Waals surface area contributed by atoms with Crippen LogP contribution in [0.3, 0.4) is 0 Å². The third-order valence-electron chi connectivity index (χ3n) is 5.04. The number of nitrogens with one attached hydrogen (secondary N) is 1. The molecule has 0 aliphatic carbocycles. The van der Waals surface area contributed by atoms with E-state index >= 15 is 0 Å². The van der Waals surface area contributed by atoms with Crippen LogP contribution in [0.4, 0.5) is 0 Å². The summed E-state index contributed by atoms with van der Waals surface area (Å²) in [5, 5.41) is 7.19. The minimum absolute atomic E-state index is 0.0378. The van der Waals surface area contributed by atoms with Crippen LogP contribution < -0.4 is 5.32 Å². The van der Waals surface area contributed by atoms with Crippen molar-refractivity contribution in [2.24, 2.45) is 7.05 Å². The van der Waals surface area contributed by atoms with Crippen LogP contribution >= 0.6 is 0 Å². The number of aromatic nitrogens is 3. The highest BCUT2D eigenvalue weighted by molar-refractivity contribution is 5.93.